The summed E-state index contributed by atoms with van der Waals surface area (Å²) in [7, 11) is -0.142. The highest BCUT2D eigenvalue weighted by molar-refractivity contribution is 7.89. The van der Waals surface area contributed by atoms with Crippen molar-refractivity contribution in [2.45, 2.75) is 11.3 Å². The van der Waals surface area contributed by atoms with Gasteiger partial charge in [-0.2, -0.15) is 0 Å². The Morgan fingerprint density at radius 1 is 1.27 bits per heavy atom. The number of methoxy groups -OCH3 is 2. The lowest BCUT2D eigenvalue weighted by molar-refractivity contribution is -0.137. The van der Waals surface area contributed by atoms with Gasteiger partial charge < -0.3 is 14.6 Å². The van der Waals surface area contributed by atoms with Crippen LogP contribution in [0.25, 0.3) is 0 Å². The monoisotopic (exact) mass is 331 g/mol. The second-order valence-corrected chi connectivity index (χ2v) is 6.37. The van der Waals surface area contributed by atoms with Crippen molar-refractivity contribution in [3.8, 4) is 5.75 Å². The zero-order valence-electron chi connectivity index (χ0n) is 12.4. The van der Waals surface area contributed by atoms with E-state index in [-0.39, 0.29) is 29.2 Å². The SMILES string of the molecule is COC(=O)c1cc(S(=O)(=O)N(C)CCC(=O)O)ccc1OC. The lowest BCUT2D eigenvalue weighted by atomic mass is 10.2. The summed E-state index contributed by atoms with van der Waals surface area (Å²) < 4.78 is 35.2. The normalized spacial score (nSPS) is 11.3. The molecule has 0 aliphatic rings. The number of carboxylic acid groups (broad SMARTS) is 1. The van der Waals surface area contributed by atoms with Gasteiger partial charge in [-0.05, 0) is 18.2 Å². The molecule has 0 amide bonds. The maximum atomic E-state index is 12.3. The standard InChI is InChI=1S/C13H17NO7S/c1-14(7-6-12(15)16)22(18,19)9-4-5-11(20-2)10(8-9)13(17)21-3/h4-5,8H,6-7H2,1-3H3,(H,15,16). The van der Waals surface area contributed by atoms with Crippen LogP contribution in [0, 0.1) is 0 Å². The molecule has 0 atom stereocenters. The van der Waals surface area contributed by atoms with Crippen molar-refractivity contribution < 1.29 is 32.6 Å². The summed E-state index contributed by atoms with van der Waals surface area (Å²) in [6, 6.07) is 3.75. The van der Waals surface area contributed by atoms with Crippen molar-refractivity contribution in [2.75, 3.05) is 27.8 Å². The number of esters is 1. The number of aliphatic carboxylic acids is 1. The number of benzene rings is 1. The minimum atomic E-state index is -3.92. The number of carboxylic acids is 1. The molecule has 0 fully saturated rings. The van der Waals surface area contributed by atoms with Crippen LogP contribution in [0.2, 0.25) is 0 Å². The van der Waals surface area contributed by atoms with E-state index in [0.717, 1.165) is 10.4 Å². The number of carbonyl (C=O) groups is 2. The van der Waals surface area contributed by atoms with Gasteiger partial charge in [0.05, 0.1) is 25.5 Å². The topological polar surface area (TPSA) is 110 Å². The molecule has 0 bridgehead atoms. The van der Waals surface area contributed by atoms with E-state index in [1.54, 1.807) is 0 Å². The first kappa shape index (κ1) is 17.9. The van der Waals surface area contributed by atoms with Gasteiger partial charge in [0.1, 0.15) is 11.3 Å². The molecular weight excluding hydrogens is 314 g/mol. The lowest BCUT2D eigenvalue weighted by Gasteiger charge is -2.17. The fraction of sp³-hybridized carbons (Fsp3) is 0.385. The molecule has 0 unspecified atom stereocenters. The Morgan fingerprint density at radius 2 is 1.91 bits per heavy atom. The molecule has 0 aliphatic heterocycles. The molecule has 122 valence electrons. The maximum absolute atomic E-state index is 12.3. The van der Waals surface area contributed by atoms with Gasteiger partial charge in [0.15, 0.2) is 0 Å². The molecule has 1 rings (SSSR count). The Morgan fingerprint density at radius 3 is 2.41 bits per heavy atom. The summed E-state index contributed by atoms with van der Waals surface area (Å²) in [4.78, 5) is 22.1. The van der Waals surface area contributed by atoms with E-state index in [1.807, 2.05) is 0 Å². The van der Waals surface area contributed by atoms with E-state index in [2.05, 4.69) is 4.74 Å². The summed E-state index contributed by atoms with van der Waals surface area (Å²) in [6.07, 6.45) is -0.324. The number of carbonyl (C=O) groups excluding carboxylic acids is 1. The Bertz CT molecular complexity index is 669. The second kappa shape index (κ2) is 7.23. The number of hydrogen-bond acceptors (Lipinski definition) is 6. The molecule has 1 aromatic rings. The van der Waals surface area contributed by atoms with Gasteiger partial charge in [0.2, 0.25) is 10.0 Å². The molecule has 0 saturated carbocycles. The Balaban J connectivity index is 3.20. The number of rotatable bonds is 7. The van der Waals surface area contributed by atoms with Gasteiger partial charge in [0.25, 0.3) is 0 Å². The number of nitrogens with zero attached hydrogens (tertiary/aromatic N) is 1. The van der Waals surface area contributed by atoms with E-state index in [0.29, 0.717) is 0 Å². The molecule has 1 N–H and O–H groups in total. The number of ether oxygens (including phenoxy) is 2. The van der Waals surface area contributed by atoms with Crippen molar-refractivity contribution in [3.05, 3.63) is 23.8 Å². The first-order valence-corrected chi connectivity index (χ1v) is 7.62. The fourth-order valence-electron chi connectivity index (χ4n) is 1.67. The molecule has 0 aliphatic carbocycles. The van der Waals surface area contributed by atoms with Crippen LogP contribution in [0.15, 0.2) is 23.1 Å². The van der Waals surface area contributed by atoms with Crippen molar-refractivity contribution >= 4 is 22.0 Å². The van der Waals surface area contributed by atoms with Crippen LogP contribution >= 0.6 is 0 Å². The summed E-state index contributed by atoms with van der Waals surface area (Å²) in [5.41, 5.74) is -0.0299. The van der Waals surface area contributed by atoms with E-state index in [4.69, 9.17) is 9.84 Å². The molecule has 0 aromatic heterocycles. The number of hydrogen-bond donors (Lipinski definition) is 1. The van der Waals surface area contributed by atoms with E-state index in [1.165, 1.54) is 33.4 Å². The van der Waals surface area contributed by atoms with Crippen LogP contribution in [-0.4, -0.2) is 57.6 Å². The van der Waals surface area contributed by atoms with Gasteiger partial charge in [-0.3, -0.25) is 4.79 Å². The van der Waals surface area contributed by atoms with E-state index >= 15 is 0 Å². The largest absolute Gasteiger partial charge is 0.496 e. The smallest absolute Gasteiger partial charge is 0.341 e. The summed E-state index contributed by atoms with van der Waals surface area (Å²) in [5.74, 6) is -1.66. The first-order chi connectivity index (χ1) is 10.2. The third kappa shape index (κ3) is 3.95. The van der Waals surface area contributed by atoms with Crippen molar-refractivity contribution in [2.24, 2.45) is 0 Å². The summed E-state index contributed by atoms with van der Waals surface area (Å²) >= 11 is 0. The molecule has 0 radical (unpaired) electrons. The Hall–Kier alpha value is -2.13. The van der Waals surface area contributed by atoms with Crippen molar-refractivity contribution in [3.63, 3.8) is 0 Å². The van der Waals surface area contributed by atoms with Gasteiger partial charge in [0, 0.05) is 13.6 Å². The highest BCUT2D eigenvalue weighted by atomic mass is 32.2. The van der Waals surface area contributed by atoms with Crippen LogP contribution in [0.3, 0.4) is 0 Å². The van der Waals surface area contributed by atoms with Crippen LogP contribution in [-0.2, 0) is 19.6 Å². The number of sulfonamides is 1. The summed E-state index contributed by atoms with van der Waals surface area (Å²) in [6.45, 7) is -0.183. The van der Waals surface area contributed by atoms with Crippen LogP contribution in [0.5, 0.6) is 5.75 Å². The van der Waals surface area contributed by atoms with Crippen LogP contribution in [0.4, 0.5) is 0 Å². The zero-order valence-corrected chi connectivity index (χ0v) is 13.2. The first-order valence-electron chi connectivity index (χ1n) is 6.18. The highest BCUT2D eigenvalue weighted by Gasteiger charge is 2.24. The average molecular weight is 331 g/mol. The zero-order chi connectivity index (χ0) is 16.9. The molecule has 0 spiro atoms. The Kier molecular flexibility index (Phi) is 5.89. The van der Waals surface area contributed by atoms with Gasteiger partial charge in [-0.1, -0.05) is 0 Å². The van der Waals surface area contributed by atoms with Crippen molar-refractivity contribution in [1.82, 2.24) is 4.31 Å². The summed E-state index contributed by atoms with van der Waals surface area (Å²) in [5, 5.41) is 8.62. The molecule has 0 saturated heterocycles. The fourth-order valence-corrected chi connectivity index (χ4v) is 2.87. The van der Waals surface area contributed by atoms with Gasteiger partial charge >= 0.3 is 11.9 Å². The van der Waals surface area contributed by atoms with Crippen LogP contribution in [0.1, 0.15) is 16.8 Å². The molecule has 9 heteroatoms. The van der Waals surface area contributed by atoms with Gasteiger partial charge in [-0.15, -0.1) is 0 Å². The predicted octanol–water partition coefficient (Wildman–Crippen LogP) is 0.577. The quantitative estimate of drug-likeness (QED) is 0.727. The lowest BCUT2D eigenvalue weighted by Crippen LogP contribution is -2.29. The minimum absolute atomic E-state index is 0.0299. The molecule has 8 nitrogen and oxygen atoms in total. The van der Waals surface area contributed by atoms with Crippen LogP contribution < -0.4 is 4.74 Å². The van der Waals surface area contributed by atoms with E-state index in [9.17, 15) is 18.0 Å². The second-order valence-electron chi connectivity index (χ2n) is 4.32. The average Bonchev–Trinajstić information content (AvgIpc) is 2.50. The third-order valence-electron chi connectivity index (χ3n) is 2.92. The molecule has 22 heavy (non-hydrogen) atoms. The molecule has 0 heterocycles. The molecular formula is C13H17NO7S. The minimum Gasteiger partial charge on any atom is -0.496 e. The molecule has 1 aromatic carbocycles. The van der Waals surface area contributed by atoms with Crippen molar-refractivity contribution in [1.29, 1.82) is 0 Å². The predicted molar refractivity (Wildman–Crippen MR) is 76.4 cm³/mol. The third-order valence-corrected chi connectivity index (χ3v) is 4.78. The maximum Gasteiger partial charge on any atom is 0.341 e. The highest BCUT2D eigenvalue weighted by Crippen LogP contribution is 2.24. The van der Waals surface area contributed by atoms with E-state index < -0.39 is 22.0 Å². The van der Waals surface area contributed by atoms with Gasteiger partial charge in [-0.25, -0.2) is 17.5 Å². The Labute approximate surface area is 128 Å².